The Balaban J connectivity index is 2.49. The number of alkyl halides is 3. The van der Waals surface area contributed by atoms with E-state index in [1.54, 1.807) is 24.3 Å². The molecule has 0 aliphatic rings. The van der Waals surface area contributed by atoms with Crippen molar-refractivity contribution in [3.05, 3.63) is 53.1 Å². The second-order valence-electron chi connectivity index (χ2n) is 4.64. The first-order valence-electron chi connectivity index (χ1n) is 5.93. The van der Waals surface area contributed by atoms with Crippen LogP contribution in [-0.2, 0) is 6.18 Å². The molecule has 0 aliphatic heterocycles. The van der Waals surface area contributed by atoms with Gasteiger partial charge >= 0.3 is 6.18 Å². The zero-order valence-electron chi connectivity index (χ0n) is 11.0. The SMILES string of the molecule is CN(C)c1cc(-c2cccc(C(F)(F)F)c2)ccc1Cl. The highest BCUT2D eigenvalue weighted by Gasteiger charge is 2.30. The van der Waals surface area contributed by atoms with Crippen molar-refractivity contribution in [2.75, 3.05) is 19.0 Å². The highest BCUT2D eigenvalue weighted by molar-refractivity contribution is 6.33. The van der Waals surface area contributed by atoms with Gasteiger partial charge in [-0.2, -0.15) is 13.2 Å². The molecule has 2 aromatic carbocycles. The van der Waals surface area contributed by atoms with Crippen LogP contribution in [0.5, 0.6) is 0 Å². The third kappa shape index (κ3) is 3.07. The Bertz CT molecular complexity index is 621. The van der Waals surface area contributed by atoms with Crippen LogP contribution >= 0.6 is 11.6 Å². The number of hydrogen-bond acceptors (Lipinski definition) is 1. The van der Waals surface area contributed by atoms with Crippen LogP contribution in [0, 0.1) is 0 Å². The quantitative estimate of drug-likeness (QED) is 0.746. The predicted molar refractivity (Wildman–Crippen MR) is 76.2 cm³/mol. The lowest BCUT2D eigenvalue weighted by molar-refractivity contribution is -0.137. The van der Waals surface area contributed by atoms with Crippen LogP contribution in [0.25, 0.3) is 11.1 Å². The zero-order chi connectivity index (χ0) is 14.9. The van der Waals surface area contributed by atoms with Gasteiger partial charge in [0.15, 0.2) is 0 Å². The van der Waals surface area contributed by atoms with Crippen molar-refractivity contribution in [1.82, 2.24) is 0 Å². The molecule has 0 aromatic heterocycles. The van der Waals surface area contributed by atoms with Crippen molar-refractivity contribution in [3.8, 4) is 11.1 Å². The van der Waals surface area contributed by atoms with E-state index < -0.39 is 11.7 Å². The molecule has 5 heteroatoms. The second-order valence-corrected chi connectivity index (χ2v) is 5.05. The lowest BCUT2D eigenvalue weighted by Gasteiger charge is -2.16. The van der Waals surface area contributed by atoms with Crippen LogP contribution in [-0.4, -0.2) is 14.1 Å². The minimum Gasteiger partial charge on any atom is -0.376 e. The molecule has 1 nitrogen and oxygen atoms in total. The largest absolute Gasteiger partial charge is 0.416 e. The molecule has 0 bridgehead atoms. The smallest absolute Gasteiger partial charge is 0.376 e. The van der Waals surface area contributed by atoms with E-state index in [9.17, 15) is 13.2 Å². The molecule has 0 amide bonds. The van der Waals surface area contributed by atoms with Gasteiger partial charge < -0.3 is 4.90 Å². The van der Waals surface area contributed by atoms with Crippen LogP contribution in [0.2, 0.25) is 5.02 Å². The molecule has 0 heterocycles. The Morgan fingerprint density at radius 1 is 0.950 bits per heavy atom. The summed E-state index contributed by atoms with van der Waals surface area (Å²) in [5, 5.41) is 0.561. The standard InChI is InChI=1S/C15H13ClF3N/c1-20(2)14-9-11(6-7-13(14)16)10-4-3-5-12(8-10)15(17,18)19/h3-9H,1-2H3. The fourth-order valence-electron chi connectivity index (χ4n) is 1.91. The molecular weight excluding hydrogens is 287 g/mol. The van der Waals surface area contributed by atoms with Crippen molar-refractivity contribution < 1.29 is 13.2 Å². The van der Waals surface area contributed by atoms with Crippen LogP contribution in [0.15, 0.2) is 42.5 Å². The van der Waals surface area contributed by atoms with Gasteiger partial charge in [0.25, 0.3) is 0 Å². The number of anilines is 1. The van der Waals surface area contributed by atoms with Gasteiger partial charge in [-0.05, 0) is 35.4 Å². The molecule has 20 heavy (non-hydrogen) atoms. The molecule has 0 aliphatic carbocycles. The van der Waals surface area contributed by atoms with Crippen molar-refractivity contribution in [2.24, 2.45) is 0 Å². The van der Waals surface area contributed by atoms with Gasteiger partial charge in [0.2, 0.25) is 0 Å². The molecule has 0 spiro atoms. The average molecular weight is 300 g/mol. The summed E-state index contributed by atoms with van der Waals surface area (Å²) in [4.78, 5) is 1.82. The van der Waals surface area contributed by atoms with Gasteiger partial charge in [0.05, 0.1) is 16.3 Å². The Morgan fingerprint density at radius 2 is 1.60 bits per heavy atom. The van der Waals surface area contributed by atoms with Crippen molar-refractivity contribution in [2.45, 2.75) is 6.18 Å². The molecule has 2 aromatic rings. The van der Waals surface area contributed by atoms with Crippen LogP contribution < -0.4 is 4.90 Å². The Morgan fingerprint density at radius 3 is 2.20 bits per heavy atom. The summed E-state index contributed by atoms with van der Waals surface area (Å²) in [6, 6.07) is 10.4. The predicted octanol–water partition coefficient (Wildman–Crippen LogP) is 5.09. The maximum atomic E-state index is 12.7. The summed E-state index contributed by atoms with van der Waals surface area (Å²) in [6.07, 6.45) is -4.34. The fourth-order valence-corrected chi connectivity index (χ4v) is 2.20. The summed E-state index contributed by atoms with van der Waals surface area (Å²) in [7, 11) is 3.66. The minimum atomic E-state index is -4.34. The molecule has 0 unspecified atom stereocenters. The van der Waals surface area contributed by atoms with E-state index in [1.165, 1.54) is 6.07 Å². The third-order valence-corrected chi connectivity index (χ3v) is 3.27. The van der Waals surface area contributed by atoms with Crippen LogP contribution in [0.1, 0.15) is 5.56 Å². The Kier molecular flexibility index (Phi) is 3.95. The molecule has 0 fully saturated rings. The molecule has 0 saturated carbocycles. The minimum absolute atomic E-state index is 0.514. The van der Waals surface area contributed by atoms with Gasteiger partial charge in [-0.15, -0.1) is 0 Å². The third-order valence-electron chi connectivity index (χ3n) is 2.95. The average Bonchev–Trinajstić information content (AvgIpc) is 2.38. The number of halogens is 4. The second kappa shape index (κ2) is 5.37. The van der Waals surface area contributed by atoms with Crippen molar-refractivity contribution >= 4 is 17.3 Å². The van der Waals surface area contributed by atoms with E-state index in [1.807, 2.05) is 19.0 Å². The molecule has 0 atom stereocenters. The number of rotatable bonds is 2. The van der Waals surface area contributed by atoms with Gasteiger partial charge in [-0.3, -0.25) is 0 Å². The number of nitrogens with zero attached hydrogens (tertiary/aromatic N) is 1. The van der Waals surface area contributed by atoms with Gasteiger partial charge in [0, 0.05) is 14.1 Å². The van der Waals surface area contributed by atoms with E-state index in [0.29, 0.717) is 16.1 Å². The van der Waals surface area contributed by atoms with Gasteiger partial charge in [-0.1, -0.05) is 29.8 Å². The number of hydrogen-bond donors (Lipinski definition) is 0. The highest BCUT2D eigenvalue weighted by atomic mass is 35.5. The maximum absolute atomic E-state index is 12.7. The summed E-state index contributed by atoms with van der Waals surface area (Å²) < 4.78 is 38.2. The van der Waals surface area contributed by atoms with Crippen LogP contribution in [0.3, 0.4) is 0 Å². The van der Waals surface area contributed by atoms with E-state index in [0.717, 1.165) is 17.8 Å². The first kappa shape index (κ1) is 14.7. The first-order valence-corrected chi connectivity index (χ1v) is 6.31. The van der Waals surface area contributed by atoms with Crippen molar-refractivity contribution in [1.29, 1.82) is 0 Å². The van der Waals surface area contributed by atoms with E-state index in [4.69, 9.17) is 11.6 Å². The Hall–Kier alpha value is -1.68. The van der Waals surface area contributed by atoms with Crippen LogP contribution in [0.4, 0.5) is 18.9 Å². The highest BCUT2D eigenvalue weighted by Crippen LogP contribution is 2.34. The topological polar surface area (TPSA) is 3.24 Å². The molecule has 0 radical (unpaired) electrons. The summed E-state index contributed by atoms with van der Waals surface area (Å²) in [6.45, 7) is 0. The fraction of sp³-hybridized carbons (Fsp3) is 0.200. The van der Waals surface area contributed by atoms with E-state index in [-0.39, 0.29) is 0 Å². The molecule has 0 N–H and O–H groups in total. The summed E-state index contributed by atoms with van der Waals surface area (Å²) >= 11 is 6.06. The lowest BCUT2D eigenvalue weighted by Crippen LogP contribution is -2.09. The number of benzene rings is 2. The van der Waals surface area contributed by atoms with Gasteiger partial charge in [-0.25, -0.2) is 0 Å². The Labute approximate surface area is 120 Å². The zero-order valence-corrected chi connectivity index (χ0v) is 11.8. The first-order chi connectivity index (χ1) is 9.29. The summed E-state index contributed by atoms with van der Waals surface area (Å²) in [5.74, 6) is 0. The summed E-state index contributed by atoms with van der Waals surface area (Å²) in [5.41, 5.74) is 1.32. The normalized spacial score (nSPS) is 11.5. The molecule has 0 saturated heterocycles. The molecule has 106 valence electrons. The molecule has 2 rings (SSSR count). The lowest BCUT2D eigenvalue weighted by atomic mass is 10.0. The monoisotopic (exact) mass is 299 g/mol. The van der Waals surface area contributed by atoms with E-state index >= 15 is 0 Å². The maximum Gasteiger partial charge on any atom is 0.416 e. The molecular formula is C15H13ClF3N. The van der Waals surface area contributed by atoms with E-state index in [2.05, 4.69) is 0 Å². The van der Waals surface area contributed by atoms with Crippen molar-refractivity contribution in [3.63, 3.8) is 0 Å². The van der Waals surface area contributed by atoms with Gasteiger partial charge in [0.1, 0.15) is 0 Å².